The Balaban J connectivity index is 1.59. The molecule has 1 aliphatic rings. The Kier molecular flexibility index (Phi) is 8.82. The molecule has 0 aliphatic carbocycles. The van der Waals surface area contributed by atoms with Crippen molar-refractivity contribution in [2.24, 2.45) is 0 Å². The third-order valence-electron chi connectivity index (χ3n) is 6.20. The lowest BCUT2D eigenvalue weighted by Crippen LogP contribution is -2.40. The van der Waals surface area contributed by atoms with Crippen molar-refractivity contribution in [2.45, 2.75) is 12.7 Å². The molecular formula is C25H28F3N7O5S. The maximum absolute atomic E-state index is 13.8. The number of ether oxygens (including phenoxy) is 2. The molecule has 1 saturated heterocycles. The van der Waals surface area contributed by atoms with E-state index in [1.54, 1.807) is 17.0 Å². The zero-order valence-electron chi connectivity index (χ0n) is 22.4. The van der Waals surface area contributed by atoms with E-state index >= 15 is 0 Å². The molecule has 0 spiro atoms. The largest absolute Gasteiger partial charge is 0.495 e. The SMILES string of the molecule is COc1cc(C(=O)N2CCOCC2)ccc1Nc1ncc(C(F)(F)F)c(NCc2cccnc2N(C)S(C)(=O)=O)n1. The fourth-order valence-corrected chi connectivity index (χ4v) is 4.45. The summed E-state index contributed by atoms with van der Waals surface area (Å²) in [4.78, 5) is 26.4. The number of carbonyl (C=O) groups excluding carboxylic acids is 1. The van der Waals surface area contributed by atoms with Gasteiger partial charge in [0.2, 0.25) is 16.0 Å². The van der Waals surface area contributed by atoms with E-state index in [4.69, 9.17) is 9.47 Å². The molecule has 0 saturated carbocycles. The van der Waals surface area contributed by atoms with Gasteiger partial charge in [-0.2, -0.15) is 18.2 Å². The number of sulfonamides is 1. The lowest BCUT2D eigenvalue weighted by Gasteiger charge is -2.27. The van der Waals surface area contributed by atoms with Crippen molar-refractivity contribution in [3.8, 4) is 5.75 Å². The minimum absolute atomic E-state index is 0.0555. The van der Waals surface area contributed by atoms with Gasteiger partial charge in [-0.15, -0.1) is 0 Å². The number of alkyl halides is 3. The van der Waals surface area contributed by atoms with Gasteiger partial charge in [0.25, 0.3) is 5.91 Å². The first-order valence-corrected chi connectivity index (χ1v) is 14.1. The van der Waals surface area contributed by atoms with Crippen LogP contribution in [0.2, 0.25) is 0 Å². The number of methoxy groups -OCH3 is 1. The lowest BCUT2D eigenvalue weighted by atomic mass is 10.1. The molecule has 3 heterocycles. The van der Waals surface area contributed by atoms with Crippen molar-refractivity contribution in [3.05, 3.63) is 59.4 Å². The van der Waals surface area contributed by atoms with Crippen molar-refractivity contribution in [1.29, 1.82) is 0 Å². The third kappa shape index (κ3) is 7.13. The van der Waals surface area contributed by atoms with Gasteiger partial charge < -0.3 is 25.0 Å². The summed E-state index contributed by atoms with van der Waals surface area (Å²) in [6.07, 6.45) is -1.78. The molecule has 3 aromatic rings. The number of morpholine rings is 1. The van der Waals surface area contributed by atoms with E-state index in [0.29, 0.717) is 49.3 Å². The number of pyridine rings is 1. The first kappa shape index (κ1) is 29.8. The molecule has 2 aromatic heterocycles. The van der Waals surface area contributed by atoms with E-state index in [9.17, 15) is 26.4 Å². The highest BCUT2D eigenvalue weighted by molar-refractivity contribution is 7.92. The molecule has 1 fully saturated rings. The van der Waals surface area contributed by atoms with Crippen LogP contribution in [0.3, 0.4) is 0 Å². The first-order chi connectivity index (χ1) is 19.4. The van der Waals surface area contributed by atoms with E-state index < -0.39 is 27.6 Å². The molecule has 2 N–H and O–H groups in total. The summed E-state index contributed by atoms with van der Waals surface area (Å²) in [5, 5.41) is 5.47. The van der Waals surface area contributed by atoms with Gasteiger partial charge in [0.1, 0.15) is 22.9 Å². The Hall–Kier alpha value is -4.18. The van der Waals surface area contributed by atoms with Crippen LogP contribution in [0, 0.1) is 0 Å². The molecule has 220 valence electrons. The molecule has 16 heteroatoms. The van der Waals surface area contributed by atoms with Crippen LogP contribution < -0.4 is 19.7 Å². The molecule has 1 aliphatic heterocycles. The predicted molar refractivity (Wildman–Crippen MR) is 145 cm³/mol. The Labute approximate surface area is 234 Å². The highest BCUT2D eigenvalue weighted by Crippen LogP contribution is 2.35. The van der Waals surface area contributed by atoms with Crippen molar-refractivity contribution in [3.63, 3.8) is 0 Å². The van der Waals surface area contributed by atoms with E-state index in [1.807, 2.05) is 0 Å². The molecule has 1 amide bonds. The fourth-order valence-electron chi connectivity index (χ4n) is 3.97. The van der Waals surface area contributed by atoms with E-state index in [1.165, 1.54) is 38.6 Å². The summed E-state index contributed by atoms with van der Waals surface area (Å²) in [5.74, 6) is -0.604. The van der Waals surface area contributed by atoms with Crippen LogP contribution >= 0.6 is 0 Å². The van der Waals surface area contributed by atoms with Gasteiger partial charge in [-0.05, 0) is 24.3 Å². The second kappa shape index (κ2) is 12.1. The maximum Gasteiger partial charge on any atom is 0.421 e. The number of benzene rings is 1. The highest BCUT2D eigenvalue weighted by Gasteiger charge is 2.35. The number of halogens is 3. The molecule has 0 atom stereocenters. The van der Waals surface area contributed by atoms with Crippen LogP contribution in [0.25, 0.3) is 0 Å². The second-order valence-electron chi connectivity index (χ2n) is 8.97. The highest BCUT2D eigenvalue weighted by atomic mass is 32.2. The third-order valence-corrected chi connectivity index (χ3v) is 7.36. The van der Waals surface area contributed by atoms with Crippen molar-refractivity contribution >= 4 is 39.2 Å². The van der Waals surface area contributed by atoms with Gasteiger partial charge in [0, 0.05) is 50.2 Å². The number of hydrogen-bond donors (Lipinski definition) is 2. The predicted octanol–water partition coefficient (Wildman–Crippen LogP) is 3.12. The Morgan fingerprint density at radius 1 is 1.20 bits per heavy atom. The molecular weight excluding hydrogens is 567 g/mol. The minimum atomic E-state index is -4.78. The van der Waals surface area contributed by atoms with Gasteiger partial charge in [-0.1, -0.05) is 6.07 Å². The number of anilines is 4. The number of nitrogens with one attached hydrogen (secondary N) is 2. The summed E-state index contributed by atoms with van der Waals surface area (Å²) in [6, 6.07) is 7.70. The van der Waals surface area contributed by atoms with Gasteiger partial charge in [-0.25, -0.2) is 18.4 Å². The van der Waals surface area contributed by atoms with Crippen LogP contribution in [0.5, 0.6) is 5.75 Å². The van der Waals surface area contributed by atoms with Crippen LogP contribution in [0.1, 0.15) is 21.5 Å². The minimum Gasteiger partial charge on any atom is -0.495 e. The summed E-state index contributed by atoms with van der Waals surface area (Å²) >= 11 is 0. The summed E-state index contributed by atoms with van der Waals surface area (Å²) in [6.45, 7) is 1.59. The van der Waals surface area contributed by atoms with Crippen molar-refractivity contribution in [1.82, 2.24) is 19.9 Å². The van der Waals surface area contributed by atoms with Crippen LogP contribution in [0.15, 0.2) is 42.7 Å². The Morgan fingerprint density at radius 2 is 1.93 bits per heavy atom. The van der Waals surface area contributed by atoms with Crippen molar-refractivity contribution < 1.29 is 35.9 Å². The maximum atomic E-state index is 13.8. The van der Waals surface area contributed by atoms with Gasteiger partial charge in [0.05, 0.1) is 32.3 Å². The molecule has 0 radical (unpaired) electrons. The summed E-state index contributed by atoms with van der Waals surface area (Å²) in [7, 11) is -0.984. The lowest BCUT2D eigenvalue weighted by molar-refractivity contribution is -0.137. The zero-order valence-corrected chi connectivity index (χ0v) is 23.2. The quantitative estimate of drug-likeness (QED) is 0.379. The van der Waals surface area contributed by atoms with E-state index in [2.05, 4.69) is 25.6 Å². The van der Waals surface area contributed by atoms with Crippen molar-refractivity contribution in [2.75, 3.05) is 61.7 Å². The molecule has 0 bridgehead atoms. The number of aromatic nitrogens is 3. The van der Waals surface area contributed by atoms with Gasteiger partial charge >= 0.3 is 6.18 Å². The molecule has 1 aromatic carbocycles. The molecule has 41 heavy (non-hydrogen) atoms. The molecule has 12 nitrogen and oxygen atoms in total. The molecule has 4 rings (SSSR count). The van der Waals surface area contributed by atoms with Gasteiger partial charge in [-0.3, -0.25) is 9.10 Å². The first-order valence-electron chi connectivity index (χ1n) is 12.3. The summed E-state index contributed by atoms with van der Waals surface area (Å²) in [5.41, 5.74) is -0.107. The number of nitrogens with zero attached hydrogens (tertiary/aromatic N) is 5. The normalized spacial score (nSPS) is 14.0. The zero-order chi connectivity index (χ0) is 29.8. The second-order valence-corrected chi connectivity index (χ2v) is 11.0. The topological polar surface area (TPSA) is 139 Å². The van der Waals surface area contributed by atoms with Crippen LogP contribution in [0.4, 0.5) is 36.4 Å². The Morgan fingerprint density at radius 3 is 2.59 bits per heavy atom. The number of rotatable bonds is 9. The van der Waals surface area contributed by atoms with Crippen LogP contribution in [-0.4, -0.2) is 80.9 Å². The number of hydrogen-bond acceptors (Lipinski definition) is 10. The number of amides is 1. The summed E-state index contributed by atoms with van der Waals surface area (Å²) < 4.78 is 77.0. The Bertz CT molecular complexity index is 1520. The standard InChI is InChI=1S/C25H28F3N7O5S/c1-34(41(3,37)38)22-17(5-4-8-29-22)14-30-21-18(25(26,27)28)15-31-24(33-21)32-19-7-6-16(13-20(19)39-2)23(36)35-9-11-40-12-10-35/h4-8,13,15H,9-12,14H2,1-3H3,(H2,30,31,32,33). The van der Waals surface area contributed by atoms with Gasteiger partial charge in [0.15, 0.2) is 0 Å². The monoisotopic (exact) mass is 595 g/mol. The van der Waals surface area contributed by atoms with E-state index in [-0.39, 0.29) is 30.0 Å². The fraction of sp³-hybridized carbons (Fsp3) is 0.360. The average Bonchev–Trinajstić information content (AvgIpc) is 2.95. The van der Waals surface area contributed by atoms with Crippen LogP contribution in [-0.2, 0) is 27.5 Å². The molecule has 0 unspecified atom stereocenters. The average molecular weight is 596 g/mol. The smallest absolute Gasteiger partial charge is 0.421 e. The van der Waals surface area contributed by atoms with E-state index in [0.717, 1.165) is 10.6 Å². The number of carbonyl (C=O) groups is 1.